The highest BCUT2D eigenvalue weighted by molar-refractivity contribution is 5.88. The molecule has 2 aromatic rings. The van der Waals surface area contributed by atoms with Crippen molar-refractivity contribution in [2.75, 3.05) is 26.6 Å². The maximum atomic E-state index is 11.0. The molecule has 2 rings (SSSR count). The zero-order valence-electron chi connectivity index (χ0n) is 14.3. The lowest BCUT2D eigenvalue weighted by Gasteiger charge is -2.12. The molecule has 0 atom stereocenters. The van der Waals surface area contributed by atoms with Gasteiger partial charge < -0.3 is 19.5 Å². The Morgan fingerprint density at radius 3 is 1.88 bits per heavy atom. The van der Waals surface area contributed by atoms with Crippen LogP contribution < -0.4 is 19.5 Å². The SMILES string of the molecule is COc1cc(C=Cc2ccc(NC(C)=O)cc2)cc(OC)c1OC. The number of carbonyl (C=O) groups is 1. The van der Waals surface area contributed by atoms with Crippen molar-refractivity contribution >= 4 is 23.7 Å². The summed E-state index contributed by atoms with van der Waals surface area (Å²) in [6.07, 6.45) is 3.93. The summed E-state index contributed by atoms with van der Waals surface area (Å²) in [5.74, 6) is 1.70. The molecule has 0 bridgehead atoms. The van der Waals surface area contributed by atoms with Crippen molar-refractivity contribution in [3.63, 3.8) is 0 Å². The van der Waals surface area contributed by atoms with Gasteiger partial charge in [-0.3, -0.25) is 4.79 Å². The molecular weight excluding hydrogens is 306 g/mol. The lowest BCUT2D eigenvalue weighted by Crippen LogP contribution is -2.05. The summed E-state index contributed by atoms with van der Waals surface area (Å²) in [4.78, 5) is 11.0. The normalized spacial score (nSPS) is 10.5. The summed E-state index contributed by atoms with van der Waals surface area (Å²) >= 11 is 0. The standard InChI is InChI=1S/C19H21NO4/c1-13(21)20-16-9-7-14(8-10-16)5-6-15-11-17(22-2)19(24-4)18(12-15)23-3/h5-12H,1-4H3,(H,20,21). The minimum absolute atomic E-state index is 0.0873. The Hall–Kier alpha value is -2.95. The molecule has 0 aliphatic rings. The maximum absolute atomic E-state index is 11.0. The Kier molecular flexibility index (Phi) is 5.84. The van der Waals surface area contributed by atoms with Gasteiger partial charge in [-0.2, -0.15) is 0 Å². The Labute approximate surface area is 141 Å². The van der Waals surface area contributed by atoms with Crippen LogP contribution in [0.4, 0.5) is 5.69 Å². The molecule has 0 fully saturated rings. The van der Waals surface area contributed by atoms with Gasteiger partial charge in [0, 0.05) is 12.6 Å². The minimum Gasteiger partial charge on any atom is -0.493 e. The Bertz CT molecular complexity index is 711. The molecule has 5 nitrogen and oxygen atoms in total. The van der Waals surface area contributed by atoms with Crippen LogP contribution in [0.25, 0.3) is 12.2 Å². The first-order valence-corrected chi connectivity index (χ1v) is 7.43. The van der Waals surface area contributed by atoms with Gasteiger partial charge in [-0.15, -0.1) is 0 Å². The van der Waals surface area contributed by atoms with Crippen LogP contribution in [0.2, 0.25) is 0 Å². The molecular formula is C19H21NO4. The van der Waals surface area contributed by atoms with E-state index in [1.165, 1.54) is 6.92 Å². The highest BCUT2D eigenvalue weighted by atomic mass is 16.5. The van der Waals surface area contributed by atoms with Gasteiger partial charge in [0.25, 0.3) is 0 Å². The second-order valence-corrected chi connectivity index (χ2v) is 5.10. The molecule has 0 aromatic heterocycles. The first kappa shape index (κ1) is 17.4. The molecule has 0 spiro atoms. The fourth-order valence-electron chi connectivity index (χ4n) is 2.27. The third kappa shape index (κ3) is 4.29. The molecule has 1 amide bonds. The van der Waals surface area contributed by atoms with E-state index in [1.807, 2.05) is 48.6 Å². The van der Waals surface area contributed by atoms with Crippen molar-refractivity contribution in [3.8, 4) is 17.2 Å². The van der Waals surface area contributed by atoms with E-state index in [2.05, 4.69) is 5.32 Å². The van der Waals surface area contributed by atoms with E-state index in [1.54, 1.807) is 21.3 Å². The van der Waals surface area contributed by atoms with Gasteiger partial charge in [-0.1, -0.05) is 24.3 Å². The summed E-state index contributed by atoms with van der Waals surface area (Å²) in [6, 6.07) is 11.3. The van der Waals surface area contributed by atoms with Crippen LogP contribution in [0.15, 0.2) is 36.4 Å². The van der Waals surface area contributed by atoms with E-state index in [0.29, 0.717) is 17.2 Å². The number of rotatable bonds is 6. The topological polar surface area (TPSA) is 56.8 Å². The average molecular weight is 327 g/mol. The second-order valence-electron chi connectivity index (χ2n) is 5.10. The smallest absolute Gasteiger partial charge is 0.221 e. The van der Waals surface area contributed by atoms with E-state index in [0.717, 1.165) is 16.8 Å². The molecule has 126 valence electrons. The van der Waals surface area contributed by atoms with Crippen molar-refractivity contribution in [1.29, 1.82) is 0 Å². The third-order valence-corrected chi connectivity index (χ3v) is 3.39. The van der Waals surface area contributed by atoms with Crippen LogP contribution in [0, 0.1) is 0 Å². The molecule has 0 saturated carbocycles. The van der Waals surface area contributed by atoms with Crippen LogP contribution >= 0.6 is 0 Å². The van der Waals surface area contributed by atoms with Crippen LogP contribution in [0.5, 0.6) is 17.2 Å². The monoisotopic (exact) mass is 327 g/mol. The predicted molar refractivity (Wildman–Crippen MR) is 95.8 cm³/mol. The molecule has 0 unspecified atom stereocenters. The van der Waals surface area contributed by atoms with Gasteiger partial charge in [-0.25, -0.2) is 0 Å². The molecule has 24 heavy (non-hydrogen) atoms. The van der Waals surface area contributed by atoms with Gasteiger partial charge in [0.2, 0.25) is 11.7 Å². The lowest BCUT2D eigenvalue weighted by atomic mass is 10.1. The number of nitrogens with one attached hydrogen (secondary N) is 1. The first-order chi connectivity index (χ1) is 11.6. The van der Waals surface area contributed by atoms with Crippen LogP contribution in [-0.4, -0.2) is 27.2 Å². The summed E-state index contributed by atoms with van der Waals surface area (Å²) in [5, 5.41) is 2.74. The van der Waals surface area contributed by atoms with E-state index in [4.69, 9.17) is 14.2 Å². The first-order valence-electron chi connectivity index (χ1n) is 7.43. The fraction of sp³-hybridized carbons (Fsp3) is 0.211. The molecule has 0 radical (unpaired) electrons. The van der Waals surface area contributed by atoms with Crippen molar-refractivity contribution in [2.24, 2.45) is 0 Å². The lowest BCUT2D eigenvalue weighted by molar-refractivity contribution is -0.114. The van der Waals surface area contributed by atoms with Gasteiger partial charge >= 0.3 is 0 Å². The molecule has 2 aromatic carbocycles. The largest absolute Gasteiger partial charge is 0.493 e. The van der Waals surface area contributed by atoms with Gasteiger partial charge in [0.1, 0.15) is 0 Å². The number of hydrogen-bond donors (Lipinski definition) is 1. The zero-order chi connectivity index (χ0) is 17.5. The number of carbonyl (C=O) groups excluding carboxylic acids is 1. The summed E-state index contributed by atoms with van der Waals surface area (Å²) < 4.78 is 16.0. The van der Waals surface area contributed by atoms with Crippen molar-refractivity contribution in [3.05, 3.63) is 47.5 Å². The number of methoxy groups -OCH3 is 3. The summed E-state index contributed by atoms with van der Waals surface area (Å²) in [5.41, 5.74) is 2.71. The quantitative estimate of drug-likeness (QED) is 0.819. The van der Waals surface area contributed by atoms with Crippen LogP contribution in [-0.2, 0) is 4.79 Å². The molecule has 0 aliphatic heterocycles. The Morgan fingerprint density at radius 1 is 0.875 bits per heavy atom. The number of amides is 1. The Morgan fingerprint density at radius 2 is 1.42 bits per heavy atom. The third-order valence-electron chi connectivity index (χ3n) is 3.39. The van der Waals surface area contributed by atoms with E-state index >= 15 is 0 Å². The Balaban J connectivity index is 2.23. The zero-order valence-corrected chi connectivity index (χ0v) is 14.3. The summed E-state index contributed by atoms with van der Waals surface area (Å²) in [6.45, 7) is 1.48. The fourth-order valence-corrected chi connectivity index (χ4v) is 2.27. The predicted octanol–water partition coefficient (Wildman–Crippen LogP) is 3.84. The van der Waals surface area contributed by atoms with Crippen molar-refractivity contribution in [1.82, 2.24) is 0 Å². The van der Waals surface area contributed by atoms with Gasteiger partial charge in [0.05, 0.1) is 21.3 Å². The van der Waals surface area contributed by atoms with Gasteiger partial charge in [-0.05, 0) is 35.4 Å². The molecule has 1 N–H and O–H groups in total. The highest BCUT2D eigenvalue weighted by Gasteiger charge is 2.11. The second kappa shape index (κ2) is 8.06. The van der Waals surface area contributed by atoms with Crippen LogP contribution in [0.3, 0.4) is 0 Å². The van der Waals surface area contributed by atoms with E-state index in [-0.39, 0.29) is 5.91 Å². The minimum atomic E-state index is -0.0873. The van der Waals surface area contributed by atoms with Gasteiger partial charge in [0.15, 0.2) is 11.5 Å². The maximum Gasteiger partial charge on any atom is 0.221 e. The number of anilines is 1. The number of ether oxygens (including phenoxy) is 3. The molecule has 5 heteroatoms. The molecule has 0 heterocycles. The molecule has 0 aliphatic carbocycles. The highest BCUT2D eigenvalue weighted by Crippen LogP contribution is 2.38. The van der Waals surface area contributed by atoms with Crippen LogP contribution in [0.1, 0.15) is 18.1 Å². The number of benzene rings is 2. The van der Waals surface area contributed by atoms with E-state index in [9.17, 15) is 4.79 Å². The van der Waals surface area contributed by atoms with Crippen molar-refractivity contribution in [2.45, 2.75) is 6.92 Å². The van der Waals surface area contributed by atoms with E-state index < -0.39 is 0 Å². The average Bonchev–Trinajstić information content (AvgIpc) is 2.59. The number of hydrogen-bond acceptors (Lipinski definition) is 4. The van der Waals surface area contributed by atoms with Crippen molar-refractivity contribution < 1.29 is 19.0 Å². The molecule has 0 saturated heterocycles. The summed E-state index contributed by atoms with van der Waals surface area (Å²) in [7, 11) is 4.75.